The molecule has 0 aromatic carbocycles. The van der Waals surface area contributed by atoms with E-state index in [0.717, 1.165) is 18.5 Å². The van der Waals surface area contributed by atoms with Gasteiger partial charge < -0.3 is 10.8 Å². The molecular formula is C13H22N2O. The van der Waals surface area contributed by atoms with Crippen LogP contribution in [0.5, 0.6) is 0 Å². The van der Waals surface area contributed by atoms with E-state index >= 15 is 0 Å². The van der Waals surface area contributed by atoms with Gasteiger partial charge in [-0.15, -0.1) is 0 Å². The lowest BCUT2D eigenvalue weighted by Gasteiger charge is -2.27. The average molecular weight is 222 g/mol. The van der Waals surface area contributed by atoms with Crippen LogP contribution >= 0.6 is 0 Å². The van der Waals surface area contributed by atoms with Crippen LogP contribution in [0.1, 0.15) is 38.3 Å². The van der Waals surface area contributed by atoms with Gasteiger partial charge in [0.25, 0.3) is 0 Å². The van der Waals surface area contributed by atoms with E-state index in [1.165, 1.54) is 0 Å². The summed E-state index contributed by atoms with van der Waals surface area (Å²) >= 11 is 0. The molecular weight excluding hydrogens is 200 g/mol. The highest BCUT2D eigenvalue weighted by molar-refractivity contribution is 5.12. The van der Waals surface area contributed by atoms with Crippen LogP contribution in [0.3, 0.4) is 0 Å². The van der Waals surface area contributed by atoms with Crippen LogP contribution in [0, 0.1) is 5.92 Å². The van der Waals surface area contributed by atoms with Gasteiger partial charge in [-0.1, -0.05) is 32.8 Å². The molecule has 0 saturated heterocycles. The fourth-order valence-corrected chi connectivity index (χ4v) is 2.13. The molecule has 3 N–H and O–H groups in total. The first-order valence-corrected chi connectivity index (χ1v) is 6.03. The molecule has 0 aliphatic heterocycles. The minimum Gasteiger partial charge on any atom is -0.392 e. The fourth-order valence-electron chi connectivity index (χ4n) is 2.13. The van der Waals surface area contributed by atoms with Gasteiger partial charge in [0.15, 0.2) is 0 Å². The topological polar surface area (TPSA) is 59.1 Å². The zero-order valence-corrected chi connectivity index (χ0v) is 10.1. The Morgan fingerprint density at radius 3 is 2.44 bits per heavy atom. The highest BCUT2D eigenvalue weighted by Crippen LogP contribution is 2.25. The number of nitrogens with zero attached hydrogens (tertiary/aromatic N) is 1. The smallest absolute Gasteiger partial charge is 0.0663 e. The Kier molecular flexibility index (Phi) is 5.43. The van der Waals surface area contributed by atoms with Gasteiger partial charge in [0, 0.05) is 24.4 Å². The Labute approximate surface area is 97.7 Å². The van der Waals surface area contributed by atoms with Crippen molar-refractivity contribution in [2.45, 2.75) is 38.7 Å². The van der Waals surface area contributed by atoms with E-state index in [0.29, 0.717) is 12.5 Å². The Bertz CT molecular complexity index is 285. The summed E-state index contributed by atoms with van der Waals surface area (Å²) in [5, 5.41) is 10.3. The molecule has 0 fully saturated rings. The number of hydrogen-bond donors (Lipinski definition) is 2. The molecule has 1 rings (SSSR count). The molecule has 0 saturated carbocycles. The van der Waals surface area contributed by atoms with Gasteiger partial charge in [-0.2, -0.15) is 0 Å². The van der Waals surface area contributed by atoms with Gasteiger partial charge >= 0.3 is 0 Å². The van der Waals surface area contributed by atoms with Crippen LogP contribution in [0.25, 0.3) is 0 Å². The van der Waals surface area contributed by atoms with Gasteiger partial charge in [-0.3, -0.25) is 4.98 Å². The Hall–Kier alpha value is -0.930. The number of aliphatic hydroxyl groups excluding tert-OH is 1. The van der Waals surface area contributed by atoms with Crippen molar-refractivity contribution in [2.75, 3.05) is 6.54 Å². The maximum atomic E-state index is 10.3. The summed E-state index contributed by atoms with van der Waals surface area (Å²) in [7, 11) is 0. The van der Waals surface area contributed by atoms with E-state index in [1.54, 1.807) is 6.20 Å². The zero-order chi connectivity index (χ0) is 12.0. The van der Waals surface area contributed by atoms with Gasteiger partial charge in [0.2, 0.25) is 0 Å². The molecule has 2 unspecified atom stereocenters. The first-order valence-electron chi connectivity index (χ1n) is 6.03. The quantitative estimate of drug-likeness (QED) is 0.773. The number of rotatable bonds is 6. The average Bonchev–Trinajstić information content (AvgIpc) is 2.33. The third kappa shape index (κ3) is 3.03. The third-order valence-electron chi connectivity index (χ3n) is 3.27. The molecule has 0 spiro atoms. The van der Waals surface area contributed by atoms with Crippen molar-refractivity contribution in [3.63, 3.8) is 0 Å². The lowest BCUT2D eigenvalue weighted by atomic mass is 9.85. The summed E-state index contributed by atoms with van der Waals surface area (Å²) < 4.78 is 0. The SMILES string of the molecule is CCC(CC)C(O)C(CN)c1ccccn1. The molecule has 1 aromatic rings. The Morgan fingerprint density at radius 2 is 2.00 bits per heavy atom. The normalized spacial score (nSPS) is 15.1. The predicted octanol–water partition coefficient (Wildman–Crippen LogP) is 1.92. The van der Waals surface area contributed by atoms with Crippen LogP contribution in [-0.2, 0) is 0 Å². The molecule has 1 heterocycles. The summed E-state index contributed by atoms with van der Waals surface area (Å²) in [5.41, 5.74) is 6.65. The monoisotopic (exact) mass is 222 g/mol. The van der Waals surface area contributed by atoms with Crippen molar-refractivity contribution in [3.05, 3.63) is 30.1 Å². The standard InChI is InChI=1S/C13H22N2O/c1-3-10(4-2)13(16)11(9-14)12-7-5-6-8-15-12/h5-8,10-11,13,16H,3-4,9,14H2,1-2H3. The van der Waals surface area contributed by atoms with E-state index in [9.17, 15) is 5.11 Å². The molecule has 0 aliphatic carbocycles. The van der Waals surface area contributed by atoms with E-state index in [1.807, 2.05) is 18.2 Å². The first-order chi connectivity index (χ1) is 7.74. The second-order valence-electron chi connectivity index (χ2n) is 4.16. The van der Waals surface area contributed by atoms with Crippen molar-refractivity contribution in [1.82, 2.24) is 4.98 Å². The second kappa shape index (κ2) is 6.61. The summed E-state index contributed by atoms with van der Waals surface area (Å²) in [6, 6.07) is 5.74. The van der Waals surface area contributed by atoms with Crippen LogP contribution in [0.15, 0.2) is 24.4 Å². The molecule has 0 radical (unpaired) electrons. The largest absolute Gasteiger partial charge is 0.392 e. The Balaban J connectivity index is 2.82. The van der Waals surface area contributed by atoms with Crippen molar-refractivity contribution in [1.29, 1.82) is 0 Å². The van der Waals surface area contributed by atoms with E-state index in [-0.39, 0.29) is 5.92 Å². The van der Waals surface area contributed by atoms with E-state index < -0.39 is 6.10 Å². The molecule has 1 aromatic heterocycles. The van der Waals surface area contributed by atoms with Crippen LogP contribution in [0.4, 0.5) is 0 Å². The predicted molar refractivity (Wildman–Crippen MR) is 66.1 cm³/mol. The summed E-state index contributed by atoms with van der Waals surface area (Å²) in [6.07, 6.45) is 3.30. The first kappa shape index (κ1) is 13.1. The summed E-state index contributed by atoms with van der Waals surface area (Å²) in [5.74, 6) is 0.252. The molecule has 90 valence electrons. The Morgan fingerprint density at radius 1 is 1.31 bits per heavy atom. The minimum absolute atomic E-state index is 0.0499. The van der Waals surface area contributed by atoms with Crippen molar-refractivity contribution >= 4 is 0 Å². The summed E-state index contributed by atoms with van der Waals surface area (Å²) in [4.78, 5) is 4.28. The number of nitrogens with two attached hydrogens (primary N) is 1. The molecule has 3 heteroatoms. The molecule has 2 atom stereocenters. The van der Waals surface area contributed by atoms with Gasteiger partial charge in [0.1, 0.15) is 0 Å². The zero-order valence-electron chi connectivity index (χ0n) is 10.1. The number of pyridine rings is 1. The minimum atomic E-state index is -0.394. The van der Waals surface area contributed by atoms with Crippen molar-refractivity contribution in [2.24, 2.45) is 11.7 Å². The van der Waals surface area contributed by atoms with Crippen molar-refractivity contribution < 1.29 is 5.11 Å². The summed E-state index contributed by atoms with van der Waals surface area (Å²) in [6.45, 7) is 4.64. The van der Waals surface area contributed by atoms with Gasteiger partial charge in [-0.25, -0.2) is 0 Å². The maximum Gasteiger partial charge on any atom is 0.0663 e. The van der Waals surface area contributed by atoms with Gasteiger partial charge in [0.05, 0.1) is 6.10 Å². The number of aromatic nitrogens is 1. The van der Waals surface area contributed by atoms with Crippen LogP contribution in [-0.4, -0.2) is 22.7 Å². The second-order valence-corrected chi connectivity index (χ2v) is 4.16. The van der Waals surface area contributed by atoms with E-state index in [4.69, 9.17) is 5.73 Å². The van der Waals surface area contributed by atoms with Crippen LogP contribution in [0.2, 0.25) is 0 Å². The molecule has 3 nitrogen and oxygen atoms in total. The third-order valence-corrected chi connectivity index (χ3v) is 3.27. The van der Waals surface area contributed by atoms with Crippen LogP contribution < -0.4 is 5.73 Å². The molecule has 0 amide bonds. The maximum absolute atomic E-state index is 10.3. The van der Waals surface area contributed by atoms with Crippen molar-refractivity contribution in [3.8, 4) is 0 Å². The lowest BCUT2D eigenvalue weighted by Crippen LogP contribution is -2.32. The fraction of sp³-hybridized carbons (Fsp3) is 0.615. The highest BCUT2D eigenvalue weighted by atomic mass is 16.3. The number of aliphatic hydroxyl groups is 1. The molecule has 0 bridgehead atoms. The highest BCUT2D eigenvalue weighted by Gasteiger charge is 2.26. The molecule has 0 aliphatic rings. The molecule has 16 heavy (non-hydrogen) atoms. The van der Waals surface area contributed by atoms with Gasteiger partial charge in [-0.05, 0) is 18.1 Å². The lowest BCUT2D eigenvalue weighted by molar-refractivity contribution is 0.0767. The number of hydrogen-bond acceptors (Lipinski definition) is 3. The van der Waals surface area contributed by atoms with E-state index in [2.05, 4.69) is 18.8 Å².